The number of carboxylic acids is 1. The van der Waals surface area contributed by atoms with Crippen molar-refractivity contribution < 1.29 is 14.7 Å². The molecule has 178 valence electrons. The minimum atomic E-state index is -0.812. The van der Waals surface area contributed by atoms with Gasteiger partial charge in [0, 0.05) is 22.6 Å². The summed E-state index contributed by atoms with van der Waals surface area (Å²) in [5.74, 6) is -0.997. The molecule has 0 aliphatic heterocycles. The molecule has 0 radical (unpaired) electrons. The van der Waals surface area contributed by atoms with Gasteiger partial charge in [-0.3, -0.25) is 9.59 Å². The Morgan fingerprint density at radius 1 is 0.943 bits per heavy atom. The van der Waals surface area contributed by atoms with Crippen molar-refractivity contribution in [1.82, 2.24) is 15.3 Å². The van der Waals surface area contributed by atoms with Crippen molar-refractivity contribution in [2.75, 3.05) is 0 Å². The van der Waals surface area contributed by atoms with E-state index in [1.165, 1.54) is 0 Å². The minimum absolute atomic E-state index is 0.112. The average Bonchev–Trinajstić information content (AvgIpc) is 2.86. The van der Waals surface area contributed by atoms with E-state index in [4.69, 9.17) is 26.7 Å². The minimum Gasteiger partial charge on any atom is -0.481 e. The Morgan fingerprint density at radius 3 is 2.40 bits per heavy atom. The first-order chi connectivity index (χ1) is 16.9. The number of nitrogens with one attached hydrogen (secondary N) is 1. The lowest BCUT2D eigenvalue weighted by Gasteiger charge is -2.15. The average molecular weight is 488 g/mol. The van der Waals surface area contributed by atoms with E-state index in [2.05, 4.69) is 5.32 Å². The third-order valence-corrected chi connectivity index (χ3v) is 6.07. The number of aryl methyl sites for hydroxylation is 1. The molecule has 6 nitrogen and oxygen atoms in total. The molecule has 0 spiro atoms. The van der Waals surface area contributed by atoms with Crippen LogP contribution in [0.15, 0.2) is 72.8 Å². The summed E-state index contributed by atoms with van der Waals surface area (Å²) in [5, 5.41) is 12.6. The lowest BCUT2D eigenvalue weighted by molar-refractivity contribution is -0.137. The Morgan fingerprint density at radius 2 is 1.69 bits per heavy atom. The van der Waals surface area contributed by atoms with Crippen LogP contribution in [0.3, 0.4) is 0 Å². The zero-order valence-corrected chi connectivity index (χ0v) is 20.1. The van der Waals surface area contributed by atoms with Gasteiger partial charge in [0.2, 0.25) is 0 Å². The van der Waals surface area contributed by atoms with E-state index in [0.717, 1.165) is 22.5 Å². The molecule has 1 atom stereocenters. The third kappa shape index (κ3) is 6.22. The van der Waals surface area contributed by atoms with Gasteiger partial charge in [-0.25, -0.2) is 9.97 Å². The van der Waals surface area contributed by atoms with Crippen LogP contribution in [-0.4, -0.2) is 27.0 Å². The number of halogens is 1. The SMILES string of the molecule is C[C@H](NC(=O)c1ccc2nc(-c3ccc(Cl)cc3)c(CCCCC(=O)O)nc2c1)c1ccccc1. The first-order valence-electron chi connectivity index (χ1n) is 11.5. The summed E-state index contributed by atoms with van der Waals surface area (Å²) in [6.07, 6.45) is 1.91. The Balaban J connectivity index is 1.63. The number of carbonyl (C=O) groups excluding carboxylic acids is 1. The quantitative estimate of drug-likeness (QED) is 0.273. The second-order valence-electron chi connectivity index (χ2n) is 8.44. The van der Waals surface area contributed by atoms with Gasteiger partial charge in [0.15, 0.2) is 0 Å². The van der Waals surface area contributed by atoms with Gasteiger partial charge < -0.3 is 10.4 Å². The van der Waals surface area contributed by atoms with Crippen LogP contribution >= 0.6 is 11.6 Å². The Labute approximate surface area is 209 Å². The highest BCUT2D eigenvalue weighted by Crippen LogP contribution is 2.27. The molecular formula is C28H26ClN3O3. The number of benzene rings is 3. The van der Waals surface area contributed by atoms with Gasteiger partial charge in [-0.1, -0.05) is 54.1 Å². The van der Waals surface area contributed by atoms with Crippen molar-refractivity contribution >= 4 is 34.5 Å². The maximum Gasteiger partial charge on any atom is 0.303 e. The van der Waals surface area contributed by atoms with Crippen LogP contribution in [-0.2, 0) is 11.2 Å². The van der Waals surface area contributed by atoms with Crippen molar-refractivity contribution in [3.05, 3.63) is 94.6 Å². The summed E-state index contributed by atoms with van der Waals surface area (Å²) in [6.45, 7) is 1.95. The van der Waals surface area contributed by atoms with Gasteiger partial charge in [0.25, 0.3) is 5.91 Å². The van der Waals surface area contributed by atoms with Crippen molar-refractivity contribution in [2.45, 2.75) is 38.6 Å². The second kappa shape index (κ2) is 11.1. The molecule has 1 heterocycles. The summed E-state index contributed by atoms with van der Waals surface area (Å²) in [5.41, 5.74) is 5.21. The highest BCUT2D eigenvalue weighted by Gasteiger charge is 2.15. The number of carboxylic acid groups (broad SMARTS) is 1. The number of hydrogen-bond donors (Lipinski definition) is 2. The predicted octanol–water partition coefficient (Wildman–Crippen LogP) is 6.24. The summed E-state index contributed by atoms with van der Waals surface area (Å²) in [4.78, 5) is 33.5. The number of aliphatic carboxylic acids is 1. The highest BCUT2D eigenvalue weighted by atomic mass is 35.5. The molecule has 4 rings (SSSR count). The number of aromatic nitrogens is 2. The van der Waals surface area contributed by atoms with Gasteiger partial charge in [-0.15, -0.1) is 0 Å². The van der Waals surface area contributed by atoms with Crippen LogP contribution in [0.1, 0.15) is 53.8 Å². The molecule has 4 aromatic rings. The zero-order chi connectivity index (χ0) is 24.8. The largest absolute Gasteiger partial charge is 0.481 e. The molecule has 0 unspecified atom stereocenters. The highest BCUT2D eigenvalue weighted by molar-refractivity contribution is 6.30. The van der Waals surface area contributed by atoms with Crippen LogP contribution in [0.2, 0.25) is 5.02 Å². The maximum atomic E-state index is 12.9. The molecule has 0 aliphatic carbocycles. The molecular weight excluding hydrogens is 462 g/mol. The van der Waals surface area contributed by atoms with Crippen LogP contribution in [0.4, 0.5) is 0 Å². The van der Waals surface area contributed by atoms with E-state index in [-0.39, 0.29) is 18.4 Å². The summed E-state index contributed by atoms with van der Waals surface area (Å²) in [6, 6.07) is 22.4. The molecule has 35 heavy (non-hydrogen) atoms. The number of nitrogens with zero attached hydrogens (tertiary/aromatic N) is 2. The topological polar surface area (TPSA) is 92.2 Å². The van der Waals surface area contributed by atoms with Crippen LogP contribution < -0.4 is 5.32 Å². The molecule has 0 aliphatic rings. The van der Waals surface area contributed by atoms with Gasteiger partial charge in [0.1, 0.15) is 0 Å². The van der Waals surface area contributed by atoms with Crippen LogP contribution in [0.25, 0.3) is 22.3 Å². The maximum absolute atomic E-state index is 12.9. The predicted molar refractivity (Wildman–Crippen MR) is 137 cm³/mol. The fourth-order valence-electron chi connectivity index (χ4n) is 3.92. The monoisotopic (exact) mass is 487 g/mol. The van der Waals surface area contributed by atoms with Gasteiger partial charge in [-0.05, 0) is 62.1 Å². The second-order valence-corrected chi connectivity index (χ2v) is 8.87. The smallest absolute Gasteiger partial charge is 0.303 e. The van der Waals surface area contributed by atoms with E-state index < -0.39 is 5.97 Å². The number of fused-ring (bicyclic) bond motifs is 1. The van der Waals surface area contributed by atoms with E-state index in [0.29, 0.717) is 40.9 Å². The molecule has 0 fully saturated rings. The molecule has 0 bridgehead atoms. The van der Waals surface area contributed by atoms with E-state index in [1.807, 2.05) is 49.4 Å². The molecule has 7 heteroatoms. The van der Waals surface area contributed by atoms with Gasteiger partial charge >= 0.3 is 5.97 Å². The molecule has 3 aromatic carbocycles. The van der Waals surface area contributed by atoms with Crippen molar-refractivity contribution in [2.24, 2.45) is 0 Å². The molecule has 1 amide bonds. The van der Waals surface area contributed by atoms with Crippen molar-refractivity contribution in [3.8, 4) is 11.3 Å². The third-order valence-electron chi connectivity index (χ3n) is 5.82. The van der Waals surface area contributed by atoms with Crippen LogP contribution in [0.5, 0.6) is 0 Å². The fourth-order valence-corrected chi connectivity index (χ4v) is 4.05. The lowest BCUT2D eigenvalue weighted by atomic mass is 10.0. The number of carbonyl (C=O) groups is 2. The summed E-state index contributed by atoms with van der Waals surface area (Å²) < 4.78 is 0. The summed E-state index contributed by atoms with van der Waals surface area (Å²) in [7, 11) is 0. The zero-order valence-electron chi connectivity index (χ0n) is 19.4. The Hall–Kier alpha value is -3.77. The Bertz CT molecular complexity index is 1340. The van der Waals surface area contributed by atoms with E-state index in [1.54, 1.807) is 30.3 Å². The van der Waals surface area contributed by atoms with Crippen molar-refractivity contribution in [1.29, 1.82) is 0 Å². The lowest BCUT2D eigenvalue weighted by Crippen LogP contribution is -2.26. The van der Waals surface area contributed by atoms with E-state index >= 15 is 0 Å². The molecule has 2 N–H and O–H groups in total. The number of amides is 1. The molecule has 1 aromatic heterocycles. The first-order valence-corrected chi connectivity index (χ1v) is 11.9. The van der Waals surface area contributed by atoms with E-state index in [9.17, 15) is 9.59 Å². The fraction of sp³-hybridized carbons (Fsp3) is 0.214. The van der Waals surface area contributed by atoms with Gasteiger partial charge in [0.05, 0.1) is 28.5 Å². The molecule has 0 saturated carbocycles. The normalized spacial score (nSPS) is 11.8. The summed E-state index contributed by atoms with van der Waals surface area (Å²) >= 11 is 6.06. The molecule has 0 saturated heterocycles. The van der Waals surface area contributed by atoms with Gasteiger partial charge in [-0.2, -0.15) is 0 Å². The van der Waals surface area contributed by atoms with Crippen LogP contribution in [0, 0.1) is 0 Å². The standard InChI is InChI=1S/C28H26ClN3O3/c1-18(19-7-3-2-4-8-19)30-28(35)21-13-16-23-25(17-21)31-24(9-5-6-10-26(33)34)27(32-23)20-11-14-22(29)15-12-20/h2-4,7-8,11-18H,5-6,9-10H2,1H3,(H,30,35)(H,33,34)/t18-/m0/s1. The number of rotatable bonds is 9. The first kappa shape index (κ1) is 24.4. The Kier molecular flexibility index (Phi) is 7.73. The number of unbranched alkanes of at least 4 members (excludes halogenated alkanes) is 1. The van der Waals surface area contributed by atoms with Crippen molar-refractivity contribution in [3.63, 3.8) is 0 Å². The number of hydrogen-bond acceptors (Lipinski definition) is 4.